The van der Waals surface area contributed by atoms with Gasteiger partial charge in [0.05, 0.1) is 12.1 Å². The smallest absolute Gasteiger partial charge is 0.258 e. The van der Waals surface area contributed by atoms with E-state index < -0.39 is 5.92 Å². The van der Waals surface area contributed by atoms with Crippen molar-refractivity contribution in [2.45, 2.75) is 19.8 Å². The normalized spacial score (nSPS) is 17.6. The van der Waals surface area contributed by atoms with Gasteiger partial charge in [-0.2, -0.15) is 0 Å². The van der Waals surface area contributed by atoms with Crippen LogP contribution in [0.15, 0.2) is 12.1 Å². The van der Waals surface area contributed by atoms with Crippen molar-refractivity contribution in [3.05, 3.63) is 28.3 Å². The highest BCUT2D eigenvalue weighted by Gasteiger charge is 2.46. The first-order chi connectivity index (χ1) is 10.5. The number of amides is 2. The second-order valence-electron chi connectivity index (χ2n) is 4.80. The summed E-state index contributed by atoms with van der Waals surface area (Å²) < 4.78 is 5.33. The van der Waals surface area contributed by atoms with E-state index >= 15 is 0 Å². The molecule has 0 N–H and O–H groups in total. The van der Waals surface area contributed by atoms with Crippen molar-refractivity contribution in [3.63, 3.8) is 0 Å². The Balaban J connectivity index is 2.59. The molecule has 2 rings (SSSR count). The van der Waals surface area contributed by atoms with Crippen LogP contribution in [0.1, 0.15) is 30.9 Å². The van der Waals surface area contributed by atoms with Crippen LogP contribution in [0.2, 0.25) is 5.02 Å². The topological polar surface area (TPSA) is 49.9 Å². The average molecular weight is 321 g/mol. The summed E-state index contributed by atoms with van der Waals surface area (Å²) in [5, 5.41) is 3.01. The van der Waals surface area contributed by atoms with Crippen molar-refractivity contribution in [2.24, 2.45) is 0 Å². The maximum absolute atomic E-state index is 12.5. The van der Waals surface area contributed by atoms with Crippen molar-refractivity contribution >= 4 is 23.4 Å². The summed E-state index contributed by atoms with van der Waals surface area (Å²) in [4.78, 5) is 24.9. The largest absolute Gasteiger partial charge is 0.496 e. The summed E-state index contributed by atoms with van der Waals surface area (Å²) in [6.07, 6.45) is 0. The number of hydrazine groups is 1. The molecule has 0 aliphatic carbocycles. The lowest BCUT2D eigenvalue weighted by atomic mass is 9.95. The Kier molecular flexibility index (Phi) is 4.62. The van der Waals surface area contributed by atoms with Crippen LogP contribution in [0.3, 0.4) is 0 Å². The van der Waals surface area contributed by atoms with Crippen molar-refractivity contribution < 1.29 is 14.3 Å². The van der Waals surface area contributed by atoms with Gasteiger partial charge in [0.1, 0.15) is 5.75 Å². The van der Waals surface area contributed by atoms with Gasteiger partial charge in [-0.3, -0.25) is 19.6 Å². The minimum absolute atomic E-state index is 0.301. The summed E-state index contributed by atoms with van der Waals surface area (Å²) >= 11 is 6.31. The molecule has 0 bridgehead atoms. The van der Waals surface area contributed by atoms with E-state index in [1.165, 1.54) is 17.1 Å². The molecular formula is C16H17ClN2O3. The molecule has 1 fully saturated rings. The Morgan fingerprint density at radius 1 is 1.32 bits per heavy atom. The van der Waals surface area contributed by atoms with Crippen LogP contribution in [0, 0.1) is 11.8 Å². The summed E-state index contributed by atoms with van der Waals surface area (Å²) in [5.74, 6) is 4.46. The molecule has 1 saturated heterocycles. The first-order valence-corrected chi connectivity index (χ1v) is 7.23. The van der Waals surface area contributed by atoms with Crippen LogP contribution in [-0.2, 0) is 9.59 Å². The monoisotopic (exact) mass is 320 g/mol. The Bertz CT molecular complexity index is 691. The van der Waals surface area contributed by atoms with E-state index in [1.807, 2.05) is 6.92 Å². The molecule has 6 heteroatoms. The number of carbonyl (C=O) groups excluding carboxylic acids is 2. The van der Waals surface area contributed by atoms with E-state index in [2.05, 4.69) is 11.8 Å². The van der Waals surface area contributed by atoms with Crippen molar-refractivity contribution in [2.75, 3.05) is 20.7 Å². The van der Waals surface area contributed by atoms with Gasteiger partial charge in [-0.05, 0) is 26.0 Å². The van der Waals surface area contributed by atoms with Crippen LogP contribution in [0.4, 0.5) is 0 Å². The minimum Gasteiger partial charge on any atom is -0.496 e. The number of rotatable bonds is 3. The zero-order valence-electron chi connectivity index (χ0n) is 12.9. The molecule has 116 valence electrons. The van der Waals surface area contributed by atoms with E-state index in [0.717, 1.165) is 0 Å². The van der Waals surface area contributed by atoms with Gasteiger partial charge in [0.25, 0.3) is 11.8 Å². The molecule has 0 saturated carbocycles. The molecular weight excluding hydrogens is 304 g/mol. The Morgan fingerprint density at radius 2 is 2.00 bits per heavy atom. The Hall–Kier alpha value is -2.19. The first kappa shape index (κ1) is 16.2. The van der Waals surface area contributed by atoms with Gasteiger partial charge in [-0.1, -0.05) is 17.5 Å². The second kappa shape index (κ2) is 6.29. The molecule has 0 radical (unpaired) electrons. The number of hydrogen-bond donors (Lipinski definition) is 0. The van der Waals surface area contributed by atoms with Crippen LogP contribution < -0.4 is 4.74 Å². The van der Waals surface area contributed by atoms with Crippen LogP contribution >= 0.6 is 11.6 Å². The lowest BCUT2D eigenvalue weighted by Gasteiger charge is -2.21. The maximum atomic E-state index is 12.5. The Labute approximate surface area is 134 Å². The lowest BCUT2D eigenvalue weighted by molar-refractivity contribution is -0.143. The zero-order valence-corrected chi connectivity index (χ0v) is 13.7. The van der Waals surface area contributed by atoms with Gasteiger partial charge in [0, 0.05) is 24.7 Å². The van der Waals surface area contributed by atoms with Crippen molar-refractivity contribution in [3.8, 4) is 17.6 Å². The third-order valence-electron chi connectivity index (χ3n) is 3.60. The van der Waals surface area contributed by atoms with Gasteiger partial charge in [0.15, 0.2) is 5.92 Å². The van der Waals surface area contributed by atoms with Gasteiger partial charge in [0.2, 0.25) is 0 Å². The highest BCUT2D eigenvalue weighted by atomic mass is 35.5. The van der Waals surface area contributed by atoms with E-state index in [-0.39, 0.29) is 11.8 Å². The lowest BCUT2D eigenvalue weighted by Crippen LogP contribution is -2.37. The molecule has 1 aliphatic rings. The maximum Gasteiger partial charge on any atom is 0.258 e. The summed E-state index contributed by atoms with van der Waals surface area (Å²) in [6, 6.07) is 3.33. The number of ether oxygens (including phenoxy) is 1. The quantitative estimate of drug-likeness (QED) is 0.632. The molecule has 1 aromatic carbocycles. The van der Waals surface area contributed by atoms with Crippen molar-refractivity contribution in [1.29, 1.82) is 0 Å². The van der Waals surface area contributed by atoms with E-state index in [4.69, 9.17) is 16.3 Å². The minimum atomic E-state index is -0.976. The third-order valence-corrected chi connectivity index (χ3v) is 3.91. The summed E-state index contributed by atoms with van der Waals surface area (Å²) in [7, 11) is 3.05. The fourth-order valence-corrected chi connectivity index (χ4v) is 2.90. The summed E-state index contributed by atoms with van der Waals surface area (Å²) in [6.45, 7) is 3.94. The highest BCUT2D eigenvalue weighted by molar-refractivity contribution is 6.32. The first-order valence-electron chi connectivity index (χ1n) is 6.85. The molecule has 1 unspecified atom stereocenters. The van der Waals surface area contributed by atoms with E-state index in [9.17, 15) is 9.59 Å². The summed E-state index contributed by atoms with van der Waals surface area (Å²) in [5.41, 5.74) is 1.07. The number of methoxy groups -OCH3 is 1. The molecule has 5 nitrogen and oxygen atoms in total. The molecule has 1 aromatic rings. The van der Waals surface area contributed by atoms with Gasteiger partial charge in [-0.25, -0.2) is 0 Å². The number of carbonyl (C=O) groups is 2. The van der Waals surface area contributed by atoms with Crippen molar-refractivity contribution in [1.82, 2.24) is 10.0 Å². The molecule has 22 heavy (non-hydrogen) atoms. The predicted octanol–water partition coefficient (Wildman–Crippen LogP) is 2.04. The second-order valence-corrected chi connectivity index (χ2v) is 5.21. The number of likely N-dealkylation sites (N-methyl/N-ethyl adjacent to an activating group) is 2. The molecule has 0 aromatic heterocycles. The predicted molar refractivity (Wildman–Crippen MR) is 83.5 cm³/mol. The van der Waals surface area contributed by atoms with Gasteiger partial charge >= 0.3 is 0 Å². The fourth-order valence-electron chi connectivity index (χ4n) is 2.58. The van der Waals surface area contributed by atoms with E-state index in [1.54, 1.807) is 26.1 Å². The zero-order chi connectivity index (χ0) is 16.4. The third kappa shape index (κ3) is 2.51. The highest BCUT2D eigenvalue weighted by Crippen LogP contribution is 2.39. The standard InChI is InChI=1S/C16H17ClN2O3/c1-5-7-10-8-11(17)13(12(9-10)22-4)14-15(20)18(3)19(6-2)16(14)21/h8-9,14H,6H2,1-4H3. The van der Waals surface area contributed by atoms with Crippen LogP contribution in [0.25, 0.3) is 0 Å². The molecule has 2 amide bonds. The number of benzene rings is 1. The SMILES string of the molecule is CC#Cc1cc(Cl)c(C2C(=O)N(C)N(CC)C2=O)c(OC)c1. The van der Waals surface area contributed by atoms with Crippen LogP contribution in [-0.4, -0.2) is 42.5 Å². The van der Waals surface area contributed by atoms with Crippen LogP contribution in [0.5, 0.6) is 5.75 Å². The average Bonchev–Trinajstić information content (AvgIpc) is 2.69. The Morgan fingerprint density at radius 3 is 2.50 bits per heavy atom. The molecule has 1 heterocycles. The van der Waals surface area contributed by atoms with E-state index in [0.29, 0.717) is 28.4 Å². The fraction of sp³-hybridized carbons (Fsp3) is 0.375. The molecule has 0 spiro atoms. The number of halogens is 1. The molecule has 1 atom stereocenters. The van der Waals surface area contributed by atoms with Gasteiger partial charge < -0.3 is 4.74 Å². The van der Waals surface area contributed by atoms with Gasteiger partial charge in [-0.15, -0.1) is 5.92 Å². The molecule has 1 aliphatic heterocycles. The number of hydrogen-bond acceptors (Lipinski definition) is 3. The number of nitrogens with zero attached hydrogens (tertiary/aromatic N) is 2.